The van der Waals surface area contributed by atoms with Gasteiger partial charge in [-0.05, 0) is 24.3 Å². The molecule has 0 spiro atoms. The molecule has 1 aromatic carbocycles. The summed E-state index contributed by atoms with van der Waals surface area (Å²) in [7, 11) is 1.94. The Balaban J connectivity index is 1.84. The van der Waals surface area contributed by atoms with Gasteiger partial charge < -0.3 is 9.88 Å². The van der Waals surface area contributed by atoms with Crippen LogP contribution in [-0.2, 0) is 13.6 Å². The maximum Gasteiger partial charge on any atom is 0.253 e. The normalized spacial score (nSPS) is 10.7. The summed E-state index contributed by atoms with van der Waals surface area (Å²) in [6.45, 7) is 0.431. The lowest BCUT2D eigenvalue weighted by Gasteiger charge is -2.07. The number of rotatable bonds is 3. The van der Waals surface area contributed by atoms with E-state index in [9.17, 15) is 4.79 Å². The number of aromatic nitrogens is 2. The number of nitrogens with zero attached hydrogens (tertiary/aromatic N) is 2. The molecular formula is C16H15N3O. The van der Waals surface area contributed by atoms with Gasteiger partial charge in [0.15, 0.2) is 0 Å². The Morgan fingerprint density at radius 3 is 2.90 bits per heavy atom. The zero-order chi connectivity index (χ0) is 13.9. The van der Waals surface area contributed by atoms with Gasteiger partial charge in [-0.15, -0.1) is 0 Å². The van der Waals surface area contributed by atoms with Crippen LogP contribution >= 0.6 is 0 Å². The molecule has 2 aromatic heterocycles. The molecule has 0 radical (unpaired) electrons. The predicted molar refractivity (Wildman–Crippen MR) is 78.3 cm³/mol. The maximum absolute atomic E-state index is 12.3. The molecule has 0 aliphatic heterocycles. The highest BCUT2D eigenvalue weighted by molar-refractivity contribution is 6.05. The van der Waals surface area contributed by atoms with Crippen LogP contribution in [0.5, 0.6) is 0 Å². The molecule has 3 aromatic rings. The zero-order valence-corrected chi connectivity index (χ0v) is 11.2. The van der Waals surface area contributed by atoms with E-state index in [1.165, 1.54) is 0 Å². The van der Waals surface area contributed by atoms with Crippen LogP contribution in [0.4, 0.5) is 0 Å². The standard InChI is InChI=1S/C16H15N3O/c1-19-10-8-12-5-4-7-14(15(12)19)16(20)18-11-13-6-2-3-9-17-13/h2-10H,11H2,1H3,(H,18,20). The van der Waals surface area contributed by atoms with E-state index in [4.69, 9.17) is 0 Å². The fraction of sp³-hybridized carbons (Fsp3) is 0.125. The number of carbonyl (C=O) groups excluding carboxylic acids is 1. The van der Waals surface area contributed by atoms with Gasteiger partial charge in [-0.1, -0.05) is 18.2 Å². The monoisotopic (exact) mass is 265 g/mol. The summed E-state index contributed by atoms with van der Waals surface area (Å²) in [6, 6.07) is 13.4. The number of para-hydroxylation sites is 1. The SMILES string of the molecule is Cn1ccc2cccc(C(=O)NCc3ccccn3)c21. The van der Waals surface area contributed by atoms with Crippen molar-refractivity contribution in [1.29, 1.82) is 0 Å². The number of hydrogen-bond acceptors (Lipinski definition) is 2. The molecule has 100 valence electrons. The van der Waals surface area contributed by atoms with Crippen LogP contribution in [0.2, 0.25) is 0 Å². The minimum atomic E-state index is -0.0805. The fourth-order valence-electron chi connectivity index (χ4n) is 2.31. The number of carbonyl (C=O) groups is 1. The number of amides is 1. The molecule has 1 N–H and O–H groups in total. The second-order valence-corrected chi connectivity index (χ2v) is 4.67. The second kappa shape index (κ2) is 5.17. The number of pyridine rings is 1. The van der Waals surface area contributed by atoms with Crippen molar-refractivity contribution in [1.82, 2.24) is 14.9 Å². The van der Waals surface area contributed by atoms with Crippen molar-refractivity contribution in [2.75, 3.05) is 0 Å². The minimum absolute atomic E-state index is 0.0805. The number of hydrogen-bond donors (Lipinski definition) is 1. The third-order valence-electron chi connectivity index (χ3n) is 3.30. The molecular weight excluding hydrogens is 250 g/mol. The van der Waals surface area contributed by atoms with Crippen molar-refractivity contribution in [3.8, 4) is 0 Å². The smallest absolute Gasteiger partial charge is 0.253 e. The van der Waals surface area contributed by atoms with Gasteiger partial charge in [-0.3, -0.25) is 9.78 Å². The Morgan fingerprint density at radius 2 is 2.10 bits per heavy atom. The molecule has 0 unspecified atom stereocenters. The maximum atomic E-state index is 12.3. The Labute approximate surface area is 117 Å². The highest BCUT2D eigenvalue weighted by Crippen LogP contribution is 2.19. The molecule has 3 rings (SSSR count). The van der Waals surface area contributed by atoms with E-state index in [1.54, 1.807) is 6.20 Å². The average molecular weight is 265 g/mol. The van der Waals surface area contributed by atoms with E-state index in [0.717, 1.165) is 16.6 Å². The molecule has 1 amide bonds. The van der Waals surface area contributed by atoms with Crippen LogP contribution in [0.1, 0.15) is 16.1 Å². The summed E-state index contributed by atoms with van der Waals surface area (Å²) in [4.78, 5) is 16.5. The van der Waals surface area contributed by atoms with Gasteiger partial charge >= 0.3 is 0 Å². The first-order chi connectivity index (χ1) is 9.75. The van der Waals surface area contributed by atoms with Gasteiger partial charge in [-0.25, -0.2) is 0 Å². The molecule has 0 fully saturated rings. The first kappa shape index (κ1) is 12.4. The molecule has 4 heteroatoms. The van der Waals surface area contributed by atoms with E-state index in [-0.39, 0.29) is 5.91 Å². The molecule has 20 heavy (non-hydrogen) atoms. The number of aryl methyl sites for hydroxylation is 1. The quantitative estimate of drug-likeness (QED) is 0.791. The van der Waals surface area contributed by atoms with Crippen LogP contribution in [0.25, 0.3) is 10.9 Å². The lowest BCUT2D eigenvalue weighted by atomic mass is 10.1. The topological polar surface area (TPSA) is 46.9 Å². The zero-order valence-electron chi connectivity index (χ0n) is 11.2. The van der Waals surface area contributed by atoms with Crippen molar-refractivity contribution < 1.29 is 4.79 Å². The van der Waals surface area contributed by atoms with Crippen molar-refractivity contribution in [3.63, 3.8) is 0 Å². The summed E-state index contributed by atoms with van der Waals surface area (Å²) in [5, 5.41) is 3.98. The van der Waals surface area contributed by atoms with Crippen LogP contribution in [0.15, 0.2) is 54.9 Å². The molecule has 2 heterocycles. The lowest BCUT2D eigenvalue weighted by molar-refractivity contribution is 0.0951. The van der Waals surface area contributed by atoms with Gasteiger partial charge in [0.2, 0.25) is 0 Å². The van der Waals surface area contributed by atoms with Gasteiger partial charge in [0.05, 0.1) is 23.3 Å². The first-order valence-electron chi connectivity index (χ1n) is 6.48. The van der Waals surface area contributed by atoms with Gasteiger partial charge in [0.1, 0.15) is 0 Å². The van der Waals surface area contributed by atoms with E-state index in [2.05, 4.69) is 10.3 Å². The largest absolute Gasteiger partial charge is 0.350 e. The molecule has 0 saturated heterocycles. The van der Waals surface area contributed by atoms with Crippen molar-refractivity contribution in [3.05, 3.63) is 66.1 Å². The summed E-state index contributed by atoms with van der Waals surface area (Å²) in [6.07, 6.45) is 3.68. The Bertz CT molecular complexity index is 747. The highest BCUT2D eigenvalue weighted by atomic mass is 16.1. The number of fused-ring (bicyclic) bond motifs is 1. The Hall–Kier alpha value is -2.62. The number of nitrogens with one attached hydrogen (secondary N) is 1. The summed E-state index contributed by atoms with van der Waals surface area (Å²) in [5.74, 6) is -0.0805. The summed E-state index contributed by atoms with van der Waals surface area (Å²) in [5.41, 5.74) is 2.48. The average Bonchev–Trinajstić information content (AvgIpc) is 2.87. The predicted octanol–water partition coefficient (Wildman–Crippen LogP) is 2.50. The Morgan fingerprint density at radius 1 is 1.20 bits per heavy atom. The molecule has 0 bridgehead atoms. The van der Waals surface area contributed by atoms with E-state index in [1.807, 2.05) is 60.3 Å². The molecule has 4 nitrogen and oxygen atoms in total. The van der Waals surface area contributed by atoms with Crippen LogP contribution in [0.3, 0.4) is 0 Å². The van der Waals surface area contributed by atoms with Crippen LogP contribution in [0, 0.1) is 0 Å². The van der Waals surface area contributed by atoms with Crippen LogP contribution in [-0.4, -0.2) is 15.5 Å². The summed E-state index contributed by atoms with van der Waals surface area (Å²) >= 11 is 0. The fourth-order valence-corrected chi connectivity index (χ4v) is 2.31. The Kier molecular flexibility index (Phi) is 3.21. The van der Waals surface area contributed by atoms with Gasteiger partial charge in [0.25, 0.3) is 5.91 Å². The third-order valence-corrected chi connectivity index (χ3v) is 3.30. The van der Waals surface area contributed by atoms with Crippen molar-refractivity contribution >= 4 is 16.8 Å². The lowest BCUT2D eigenvalue weighted by Crippen LogP contribution is -2.23. The van der Waals surface area contributed by atoms with Crippen molar-refractivity contribution in [2.24, 2.45) is 7.05 Å². The van der Waals surface area contributed by atoms with E-state index >= 15 is 0 Å². The summed E-state index contributed by atoms with van der Waals surface area (Å²) < 4.78 is 1.96. The molecule has 0 aliphatic rings. The second-order valence-electron chi connectivity index (χ2n) is 4.67. The first-order valence-corrected chi connectivity index (χ1v) is 6.48. The molecule has 0 aliphatic carbocycles. The van der Waals surface area contributed by atoms with Crippen LogP contribution < -0.4 is 5.32 Å². The molecule has 0 saturated carbocycles. The minimum Gasteiger partial charge on any atom is -0.350 e. The van der Waals surface area contributed by atoms with E-state index in [0.29, 0.717) is 12.1 Å². The van der Waals surface area contributed by atoms with Gasteiger partial charge in [-0.2, -0.15) is 0 Å². The third kappa shape index (κ3) is 2.28. The van der Waals surface area contributed by atoms with E-state index < -0.39 is 0 Å². The van der Waals surface area contributed by atoms with Gasteiger partial charge in [0, 0.05) is 24.8 Å². The number of benzene rings is 1. The molecule has 0 atom stereocenters. The van der Waals surface area contributed by atoms with Crippen molar-refractivity contribution in [2.45, 2.75) is 6.54 Å². The highest BCUT2D eigenvalue weighted by Gasteiger charge is 2.11.